The number of carboxylic acids is 1. The predicted molar refractivity (Wildman–Crippen MR) is 67.6 cm³/mol. The van der Waals surface area contributed by atoms with Gasteiger partial charge in [0.1, 0.15) is 0 Å². The van der Waals surface area contributed by atoms with Gasteiger partial charge in [-0.2, -0.15) is 5.10 Å². The molecule has 7 nitrogen and oxygen atoms in total. The second-order valence-electron chi connectivity index (χ2n) is 4.14. The number of aromatic amines is 1. The van der Waals surface area contributed by atoms with Crippen LogP contribution in [-0.2, 0) is 7.05 Å². The van der Waals surface area contributed by atoms with E-state index < -0.39 is 11.7 Å². The minimum Gasteiger partial charge on any atom is -0.478 e. The highest BCUT2D eigenvalue weighted by Gasteiger charge is 2.17. The Morgan fingerprint density at radius 2 is 2.21 bits per heavy atom. The maximum absolute atomic E-state index is 12.0. The molecule has 7 heteroatoms. The number of para-hydroxylation sites is 1. The Morgan fingerprint density at radius 1 is 1.42 bits per heavy atom. The Morgan fingerprint density at radius 3 is 2.84 bits per heavy atom. The van der Waals surface area contributed by atoms with E-state index >= 15 is 0 Å². The fourth-order valence-electron chi connectivity index (χ4n) is 2.10. The summed E-state index contributed by atoms with van der Waals surface area (Å²) in [5, 5.41) is 13.2. The third kappa shape index (κ3) is 1.63. The quantitative estimate of drug-likeness (QED) is 0.709. The summed E-state index contributed by atoms with van der Waals surface area (Å²) in [6.45, 7) is 0. The van der Waals surface area contributed by atoms with Crippen molar-refractivity contribution in [2.24, 2.45) is 7.05 Å². The van der Waals surface area contributed by atoms with Crippen molar-refractivity contribution in [3.05, 3.63) is 46.6 Å². The molecule has 3 aromatic rings. The number of imidazole rings is 1. The SMILES string of the molecule is Cn1cc(-n2c(=O)[nH]c3cccc(C(=O)O)c32)cn1. The summed E-state index contributed by atoms with van der Waals surface area (Å²) in [5.41, 5.74) is 1.02. The summed E-state index contributed by atoms with van der Waals surface area (Å²) in [6.07, 6.45) is 3.15. The van der Waals surface area contributed by atoms with Gasteiger partial charge in [0.25, 0.3) is 0 Å². The first-order valence-electron chi connectivity index (χ1n) is 5.54. The van der Waals surface area contributed by atoms with Crippen molar-refractivity contribution in [2.45, 2.75) is 0 Å². The molecule has 0 aliphatic rings. The number of carbonyl (C=O) groups is 1. The molecule has 0 spiro atoms. The van der Waals surface area contributed by atoms with Crippen molar-refractivity contribution in [3.63, 3.8) is 0 Å². The minimum absolute atomic E-state index is 0.0692. The zero-order valence-corrected chi connectivity index (χ0v) is 9.99. The van der Waals surface area contributed by atoms with Gasteiger partial charge < -0.3 is 10.1 Å². The lowest BCUT2D eigenvalue weighted by Crippen LogP contribution is -2.15. The number of nitrogens with one attached hydrogen (secondary N) is 1. The van der Waals surface area contributed by atoms with E-state index in [0.29, 0.717) is 16.7 Å². The molecular formula is C12H10N4O3. The summed E-state index contributed by atoms with van der Waals surface area (Å²) < 4.78 is 2.86. The Kier molecular flexibility index (Phi) is 2.28. The van der Waals surface area contributed by atoms with E-state index in [9.17, 15) is 14.7 Å². The number of rotatable bonds is 2. The fourth-order valence-corrected chi connectivity index (χ4v) is 2.10. The van der Waals surface area contributed by atoms with Crippen LogP contribution in [-0.4, -0.2) is 30.4 Å². The summed E-state index contributed by atoms with van der Waals surface area (Å²) in [4.78, 5) is 25.9. The smallest absolute Gasteiger partial charge is 0.337 e. The summed E-state index contributed by atoms with van der Waals surface area (Å²) in [7, 11) is 1.72. The van der Waals surface area contributed by atoms with Crippen LogP contribution in [0.1, 0.15) is 10.4 Å². The minimum atomic E-state index is -1.08. The van der Waals surface area contributed by atoms with Crippen molar-refractivity contribution in [2.75, 3.05) is 0 Å². The van der Waals surface area contributed by atoms with Crippen LogP contribution in [0.3, 0.4) is 0 Å². The Labute approximate surface area is 106 Å². The lowest BCUT2D eigenvalue weighted by molar-refractivity contribution is 0.0698. The van der Waals surface area contributed by atoms with Crippen LogP contribution in [0.25, 0.3) is 16.7 Å². The first kappa shape index (κ1) is 11.3. The lowest BCUT2D eigenvalue weighted by Gasteiger charge is -2.02. The normalized spacial score (nSPS) is 11.0. The van der Waals surface area contributed by atoms with Gasteiger partial charge in [0.15, 0.2) is 0 Å². The number of carboxylic acid groups (broad SMARTS) is 1. The first-order valence-corrected chi connectivity index (χ1v) is 5.54. The van der Waals surface area contributed by atoms with Crippen LogP contribution in [0.2, 0.25) is 0 Å². The molecule has 0 atom stereocenters. The predicted octanol–water partition coefficient (Wildman–Crippen LogP) is 0.750. The largest absolute Gasteiger partial charge is 0.478 e. The number of hydrogen-bond acceptors (Lipinski definition) is 3. The van der Waals surface area contributed by atoms with Crippen molar-refractivity contribution in [1.82, 2.24) is 19.3 Å². The number of fused-ring (bicyclic) bond motifs is 1. The Balaban J connectivity index is 2.44. The average molecular weight is 258 g/mol. The second kappa shape index (κ2) is 3.84. The van der Waals surface area contributed by atoms with Crippen LogP contribution in [0, 0.1) is 0 Å². The molecule has 0 aliphatic heterocycles. The van der Waals surface area contributed by atoms with Crippen LogP contribution in [0.15, 0.2) is 35.4 Å². The molecule has 0 saturated carbocycles. The van der Waals surface area contributed by atoms with Gasteiger partial charge in [-0.25, -0.2) is 9.59 Å². The summed E-state index contributed by atoms with van der Waals surface area (Å²) in [6, 6.07) is 4.72. The highest BCUT2D eigenvalue weighted by molar-refractivity contribution is 6.01. The van der Waals surface area contributed by atoms with Crippen molar-refractivity contribution in [3.8, 4) is 5.69 Å². The van der Waals surface area contributed by atoms with Gasteiger partial charge in [-0.1, -0.05) is 6.07 Å². The third-order valence-electron chi connectivity index (χ3n) is 2.88. The topological polar surface area (TPSA) is 92.9 Å². The Hall–Kier alpha value is -2.83. The van der Waals surface area contributed by atoms with E-state index in [1.807, 2.05) is 0 Å². The maximum atomic E-state index is 12.0. The van der Waals surface area contributed by atoms with Gasteiger partial charge >= 0.3 is 11.7 Å². The van der Waals surface area contributed by atoms with E-state index in [1.54, 1.807) is 30.1 Å². The molecule has 0 bridgehead atoms. The number of H-pyrrole nitrogens is 1. The van der Waals surface area contributed by atoms with E-state index in [-0.39, 0.29) is 5.56 Å². The molecule has 2 N–H and O–H groups in total. The van der Waals surface area contributed by atoms with Crippen molar-refractivity contribution >= 4 is 17.0 Å². The molecule has 0 fully saturated rings. The standard InChI is InChI=1S/C12H10N4O3/c1-15-6-7(5-13-15)16-10-8(11(17)18)3-2-4-9(10)14-12(16)19/h2-6H,1H3,(H,14,19)(H,17,18). The van der Waals surface area contributed by atoms with Crippen LogP contribution in [0.5, 0.6) is 0 Å². The van der Waals surface area contributed by atoms with Gasteiger partial charge in [0.2, 0.25) is 0 Å². The number of aromatic nitrogens is 4. The van der Waals surface area contributed by atoms with E-state index in [4.69, 9.17) is 0 Å². The second-order valence-corrected chi connectivity index (χ2v) is 4.14. The van der Waals surface area contributed by atoms with E-state index in [2.05, 4.69) is 10.1 Å². The highest BCUT2D eigenvalue weighted by atomic mass is 16.4. The fraction of sp³-hybridized carbons (Fsp3) is 0.0833. The molecule has 2 aromatic heterocycles. The van der Waals surface area contributed by atoms with Crippen molar-refractivity contribution in [1.29, 1.82) is 0 Å². The number of aromatic carboxylic acids is 1. The maximum Gasteiger partial charge on any atom is 0.337 e. The summed E-state index contributed by atoms with van der Waals surface area (Å²) in [5.74, 6) is -1.08. The summed E-state index contributed by atoms with van der Waals surface area (Å²) >= 11 is 0. The van der Waals surface area contributed by atoms with Crippen LogP contribution < -0.4 is 5.69 Å². The molecule has 19 heavy (non-hydrogen) atoms. The number of nitrogens with zero attached hydrogens (tertiary/aromatic N) is 3. The monoisotopic (exact) mass is 258 g/mol. The van der Waals surface area contributed by atoms with Crippen LogP contribution in [0.4, 0.5) is 0 Å². The van der Waals surface area contributed by atoms with Gasteiger partial charge in [0.05, 0.1) is 28.5 Å². The van der Waals surface area contributed by atoms with Gasteiger partial charge in [-0.15, -0.1) is 0 Å². The third-order valence-corrected chi connectivity index (χ3v) is 2.88. The molecule has 0 radical (unpaired) electrons. The van der Waals surface area contributed by atoms with Crippen molar-refractivity contribution < 1.29 is 9.90 Å². The van der Waals surface area contributed by atoms with E-state index in [1.165, 1.54) is 16.8 Å². The molecular weight excluding hydrogens is 248 g/mol. The lowest BCUT2D eigenvalue weighted by atomic mass is 10.2. The zero-order chi connectivity index (χ0) is 13.6. The van der Waals surface area contributed by atoms with Crippen LogP contribution >= 0.6 is 0 Å². The molecule has 1 aromatic carbocycles. The molecule has 0 saturated heterocycles. The molecule has 2 heterocycles. The number of aryl methyl sites for hydroxylation is 1. The molecule has 0 amide bonds. The number of hydrogen-bond donors (Lipinski definition) is 2. The van der Waals surface area contributed by atoms with Gasteiger partial charge in [0, 0.05) is 13.2 Å². The molecule has 0 unspecified atom stereocenters. The Bertz CT molecular complexity index is 840. The zero-order valence-electron chi connectivity index (χ0n) is 9.99. The molecule has 0 aliphatic carbocycles. The average Bonchev–Trinajstić information content (AvgIpc) is 2.90. The number of benzene rings is 1. The van der Waals surface area contributed by atoms with E-state index in [0.717, 1.165) is 0 Å². The van der Waals surface area contributed by atoms with Gasteiger partial charge in [-0.05, 0) is 12.1 Å². The highest BCUT2D eigenvalue weighted by Crippen LogP contribution is 2.19. The van der Waals surface area contributed by atoms with Gasteiger partial charge in [-0.3, -0.25) is 9.25 Å². The first-order chi connectivity index (χ1) is 9.08. The molecule has 96 valence electrons. The molecule has 3 rings (SSSR count).